The summed E-state index contributed by atoms with van der Waals surface area (Å²) in [6.45, 7) is 22.9. The molecule has 4 heteroatoms. The van der Waals surface area contributed by atoms with Gasteiger partial charge in [-0.15, -0.1) is 6.42 Å². The molecule has 0 saturated heterocycles. The summed E-state index contributed by atoms with van der Waals surface area (Å²) in [6, 6.07) is 0. The van der Waals surface area contributed by atoms with Crippen molar-refractivity contribution in [1.29, 1.82) is 0 Å². The van der Waals surface area contributed by atoms with Crippen molar-refractivity contribution in [2.75, 3.05) is 0 Å². The van der Waals surface area contributed by atoms with Crippen LogP contribution in [0.15, 0.2) is 11.6 Å². The average Bonchev–Trinajstić information content (AvgIpc) is 2.34. The highest BCUT2D eigenvalue weighted by Crippen LogP contribution is 2.41. The second-order valence-corrected chi connectivity index (χ2v) is 19.7. The molecule has 0 aromatic rings. The fourth-order valence-electron chi connectivity index (χ4n) is 2.38. The fraction of sp³-hybridized carbons (Fsp3) is 0.800. The van der Waals surface area contributed by atoms with Crippen molar-refractivity contribution in [3.63, 3.8) is 0 Å². The van der Waals surface area contributed by atoms with E-state index in [9.17, 15) is 0 Å². The summed E-state index contributed by atoms with van der Waals surface area (Å²) in [6.07, 6.45) is 9.91. The van der Waals surface area contributed by atoms with E-state index in [1.54, 1.807) is 0 Å². The highest BCUT2D eigenvalue weighted by molar-refractivity contribution is 6.74. The van der Waals surface area contributed by atoms with E-state index in [0.717, 1.165) is 18.4 Å². The van der Waals surface area contributed by atoms with Gasteiger partial charge < -0.3 is 8.85 Å². The number of hydrogen-bond acceptors (Lipinski definition) is 2. The number of terminal acetylenes is 1. The van der Waals surface area contributed by atoms with Gasteiger partial charge in [0.1, 0.15) is 0 Å². The van der Waals surface area contributed by atoms with Crippen LogP contribution in [0.25, 0.3) is 0 Å². The third-order valence-electron chi connectivity index (χ3n) is 6.03. The van der Waals surface area contributed by atoms with Crippen LogP contribution in [0.5, 0.6) is 0 Å². The third kappa shape index (κ3) is 5.32. The van der Waals surface area contributed by atoms with Gasteiger partial charge in [-0.25, -0.2) is 0 Å². The minimum absolute atomic E-state index is 0.0838. The van der Waals surface area contributed by atoms with Crippen molar-refractivity contribution in [2.24, 2.45) is 0 Å². The highest BCUT2D eigenvalue weighted by Gasteiger charge is 2.42. The molecule has 1 aliphatic carbocycles. The summed E-state index contributed by atoms with van der Waals surface area (Å²) in [4.78, 5) is 0. The van der Waals surface area contributed by atoms with Gasteiger partial charge in [0.15, 0.2) is 16.6 Å². The lowest BCUT2D eigenvalue weighted by Gasteiger charge is -2.43. The van der Waals surface area contributed by atoms with Crippen molar-refractivity contribution in [3.8, 4) is 12.3 Å². The van der Waals surface area contributed by atoms with Crippen LogP contribution in [-0.2, 0) is 8.85 Å². The molecule has 1 rings (SSSR count). The van der Waals surface area contributed by atoms with Gasteiger partial charge in [0.05, 0.1) is 12.2 Å². The minimum Gasteiger partial charge on any atom is -0.413 e. The summed E-state index contributed by atoms with van der Waals surface area (Å²) < 4.78 is 13.3. The molecule has 0 N–H and O–H groups in total. The van der Waals surface area contributed by atoms with Gasteiger partial charge in [-0.05, 0) is 42.3 Å². The summed E-state index contributed by atoms with van der Waals surface area (Å²) >= 11 is 0. The van der Waals surface area contributed by atoms with Crippen LogP contribution in [0.1, 0.15) is 54.4 Å². The molecule has 1 aliphatic rings. The molecule has 0 fully saturated rings. The SMILES string of the molecule is C#CC1=C[C@@H](O[Si](C)(C)C(C)(C)C)C[C@@H](O[Si](C)(C)C(C)(C)C)C1. The van der Waals surface area contributed by atoms with Crippen molar-refractivity contribution in [1.82, 2.24) is 0 Å². The molecule has 138 valence electrons. The molecule has 0 bridgehead atoms. The molecule has 0 radical (unpaired) electrons. The molecule has 24 heavy (non-hydrogen) atoms. The van der Waals surface area contributed by atoms with E-state index < -0.39 is 16.6 Å². The van der Waals surface area contributed by atoms with Crippen LogP contribution < -0.4 is 0 Å². The predicted molar refractivity (Wildman–Crippen MR) is 110 cm³/mol. The van der Waals surface area contributed by atoms with E-state index in [2.05, 4.69) is 79.7 Å². The minimum atomic E-state index is -1.82. The van der Waals surface area contributed by atoms with Crippen molar-refractivity contribution < 1.29 is 8.85 Å². The van der Waals surface area contributed by atoms with Crippen molar-refractivity contribution in [2.45, 2.75) is 103 Å². The first-order valence-corrected chi connectivity index (χ1v) is 14.9. The topological polar surface area (TPSA) is 18.5 Å². The Bertz CT molecular complexity index is 513. The van der Waals surface area contributed by atoms with Gasteiger partial charge in [-0.1, -0.05) is 47.5 Å². The van der Waals surface area contributed by atoms with Crippen molar-refractivity contribution >= 4 is 16.6 Å². The monoisotopic (exact) mass is 366 g/mol. The second-order valence-electron chi connectivity index (χ2n) is 10.2. The van der Waals surface area contributed by atoms with E-state index in [1.807, 2.05) is 0 Å². The zero-order valence-electron chi connectivity index (χ0n) is 17.5. The Morgan fingerprint density at radius 1 is 0.958 bits per heavy atom. The lowest BCUT2D eigenvalue weighted by atomic mass is 9.95. The van der Waals surface area contributed by atoms with Gasteiger partial charge in [-0.3, -0.25) is 0 Å². The lowest BCUT2D eigenvalue weighted by Crippen LogP contribution is -2.48. The molecule has 0 heterocycles. The second kappa shape index (κ2) is 7.11. The van der Waals surface area contributed by atoms with Crippen LogP contribution in [0.4, 0.5) is 0 Å². The summed E-state index contributed by atoms with van der Waals surface area (Å²) in [7, 11) is -3.62. The summed E-state index contributed by atoms with van der Waals surface area (Å²) in [5.41, 5.74) is 1.04. The first-order valence-electron chi connectivity index (χ1n) is 9.12. The quantitative estimate of drug-likeness (QED) is 0.441. The maximum Gasteiger partial charge on any atom is 0.192 e. The molecular weight excluding hydrogens is 328 g/mol. The zero-order chi connectivity index (χ0) is 19.0. The number of hydrogen-bond donors (Lipinski definition) is 0. The maximum absolute atomic E-state index is 6.64. The smallest absolute Gasteiger partial charge is 0.192 e. The third-order valence-corrected chi connectivity index (χ3v) is 15.1. The number of rotatable bonds is 4. The van der Waals surface area contributed by atoms with Gasteiger partial charge in [0.2, 0.25) is 0 Å². The van der Waals surface area contributed by atoms with Gasteiger partial charge in [-0.2, -0.15) is 0 Å². The van der Waals surface area contributed by atoms with Crippen LogP contribution in [0, 0.1) is 12.3 Å². The highest BCUT2D eigenvalue weighted by atomic mass is 28.4. The Morgan fingerprint density at radius 3 is 1.83 bits per heavy atom. The molecule has 0 aromatic carbocycles. The Kier molecular flexibility index (Phi) is 6.43. The van der Waals surface area contributed by atoms with Crippen LogP contribution in [0.3, 0.4) is 0 Å². The standard InChI is InChI=1S/C20H38O2Si2/c1-12-16-13-17(21-23(8,9)19(2,3)4)15-18(14-16)22-24(10,11)20(5,6)7/h1,13,17-18H,14-15H2,2-11H3/t17-,18+/m1/s1. The molecule has 0 aliphatic heterocycles. The van der Waals surface area contributed by atoms with Crippen LogP contribution in [-0.4, -0.2) is 28.8 Å². The average molecular weight is 367 g/mol. The van der Waals surface area contributed by atoms with E-state index >= 15 is 0 Å². The molecule has 2 nitrogen and oxygen atoms in total. The zero-order valence-corrected chi connectivity index (χ0v) is 19.5. The Morgan fingerprint density at radius 2 is 1.42 bits per heavy atom. The Hall–Kier alpha value is -0.346. The largest absolute Gasteiger partial charge is 0.413 e. The van der Waals surface area contributed by atoms with E-state index in [4.69, 9.17) is 15.3 Å². The van der Waals surface area contributed by atoms with Gasteiger partial charge in [0.25, 0.3) is 0 Å². The fourth-order valence-corrected chi connectivity index (χ4v) is 5.02. The summed E-state index contributed by atoms with van der Waals surface area (Å²) in [5, 5.41) is 0.407. The summed E-state index contributed by atoms with van der Waals surface area (Å²) in [5.74, 6) is 2.84. The normalized spacial score (nSPS) is 23.6. The Balaban J connectivity index is 2.93. The predicted octanol–water partition coefficient (Wildman–Crippen LogP) is 6.12. The van der Waals surface area contributed by atoms with E-state index in [1.165, 1.54) is 0 Å². The first-order chi connectivity index (χ1) is 10.6. The maximum atomic E-state index is 6.64. The van der Waals surface area contributed by atoms with E-state index in [-0.39, 0.29) is 22.3 Å². The van der Waals surface area contributed by atoms with Gasteiger partial charge >= 0.3 is 0 Å². The molecule has 2 atom stereocenters. The molecule has 0 spiro atoms. The van der Waals surface area contributed by atoms with Crippen LogP contribution >= 0.6 is 0 Å². The molecule has 0 saturated carbocycles. The van der Waals surface area contributed by atoms with E-state index in [0.29, 0.717) is 0 Å². The molecular formula is C20H38O2Si2. The lowest BCUT2D eigenvalue weighted by molar-refractivity contribution is 0.106. The molecule has 0 aromatic heterocycles. The van der Waals surface area contributed by atoms with Crippen LogP contribution in [0.2, 0.25) is 36.3 Å². The Labute approximate surface area is 152 Å². The van der Waals surface area contributed by atoms with Gasteiger partial charge in [0, 0.05) is 18.4 Å². The first kappa shape index (κ1) is 21.7. The molecule has 0 unspecified atom stereocenters. The van der Waals surface area contributed by atoms with Crippen molar-refractivity contribution in [3.05, 3.63) is 11.6 Å². The molecule has 0 amide bonds.